The van der Waals surface area contributed by atoms with Crippen LogP contribution in [-0.4, -0.2) is 59.8 Å². The molecule has 2 aromatic rings. The molecule has 3 rings (SSSR count). The fraction of sp³-hybridized carbons (Fsp3) is 0.381. The Balaban J connectivity index is 1.75. The SMILES string of the molecule is CC(C)c1ccccc1NC(=O)c1ccnc(C(=O)N2CCN(C)CC2)c1. The van der Waals surface area contributed by atoms with E-state index in [0.29, 0.717) is 30.3 Å². The number of pyridine rings is 1. The molecule has 1 N–H and O–H groups in total. The predicted molar refractivity (Wildman–Crippen MR) is 106 cm³/mol. The fourth-order valence-electron chi connectivity index (χ4n) is 3.17. The van der Waals surface area contributed by atoms with E-state index in [1.165, 1.54) is 6.20 Å². The van der Waals surface area contributed by atoms with Crippen molar-refractivity contribution in [3.05, 3.63) is 59.4 Å². The van der Waals surface area contributed by atoms with Crippen LogP contribution in [-0.2, 0) is 0 Å². The highest BCUT2D eigenvalue weighted by Crippen LogP contribution is 2.24. The Morgan fingerprint density at radius 2 is 1.78 bits per heavy atom. The van der Waals surface area contributed by atoms with Gasteiger partial charge in [-0.05, 0) is 36.7 Å². The quantitative estimate of drug-likeness (QED) is 0.904. The smallest absolute Gasteiger partial charge is 0.272 e. The number of nitrogens with zero attached hydrogens (tertiary/aromatic N) is 3. The second kappa shape index (κ2) is 8.31. The van der Waals surface area contributed by atoms with Crippen LogP contribution in [0.25, 0.3) is 0 Å². The van der Waals surface area contributed by atoms with Crippen molar-refractivity contribution in [1.29, 1.82) is 0 Å². The van der Waals surface area contributed by atoms with Crippen LogP contribution in [0.5, 0.6) is 0 Å². The number of benzene rings is 1. The largest absolute Gasteiger partial charge is 0.335 e. The minimum Gasteiger partial charge on any atom is -0.335 e. The molecule has 0 unspecified atom stereocenters. The summed E-state index contributed by atoms with van der Waals surface area (Å²) in [6.45, 7) is 7.22. The summed E-state index contributed by atoms with van der Waals surface area (Å²) >= 11 is 0. The maximum Gasteiger partial charge on any atom is 0.272 e. The van der Waals surface area contributed by atoms with Crippen LogP contribution in [0.1, 0.15) is 46.2 Å². The van der Waals surface area contributed by atoms with Gasteiger partial charge in [0.2, 0.25) is 0 Å². The lowest BCUT2D eigenvalue weighted by Gasteiger charge is -2.32. The average molecular weight is 366 g/mol. The van der Waals surface area contributed by atoms with Gasteiger partial charge in [0, 0.05) is 43.6 Å². The Morgan fingerprint density at radius 1 is 1.07 bits per heavy atom. The maximum atomic E-state index is 12.7. The number of likely N-dealkylation sites (N-methyl/N-ethyl adjacent to an activating group) is 1. The third kappa shape index (κ3) is 4.52. The molecule has 0 aliphatic carbocycles. The van der Waals surface area contributed by atoms with E-state index in [4.69, 9.17) is 0 Å². The summed E-state index contributed by atoms with van der Waals surface area (Å²) in [4.78, 5) is 33.6. The number of amides is 2. The van der Waals surface area contributed by atoms with Crippen LogP contribution in [0.4, 0.5) is 5.69 Å². The first kappa shape index (κ1) is 19.0. The molecule has 27 heavy (non-hydrogen) atoms. The van der Waals surface area contributed by atoms with Crippen LogP contribution in [0.3, 0.4) is 0 Å². The van der Waals surface area contributed by atoms with Crippen molar-refractivity contribution in [3.63, 3.8) is 0 Å². The van der Waals surface area contributed by atoms with Gasteiger partial charge in [-0.1, -0.05) is 32.0 Å². The molecule has 6 nitrogen and oxygen atoms in total. The summed E-state index contributed by atoms with van der Waals surface area (Å²) < 4.78 is 0. The number of nitrogens with one attached hydrogen (secondary N) is 1. The highest BCUT2D eigenvalue weighted by molar-refractivity contribution is 6.06. The number of carbonyl (C=O) groups is 2. The van der Waals surface area contributed by atoms with E-state index >= 15 is 0 Å². The van der Waals surface area contributed by atoms with Gasteiger partial charge >= 0.3 is 0 Å². The first-order valence-corrected chi connectivity index (χ1v) is 9.30. The van der Waals surface area contributed by atoms with Crippen LogP contribution in [0.15, 0.2) is 42.6 Å². The highest BCUT2D eigenvalue weighted by atomic mass is 16.2. The number of piperazine rings is 1. The predicted octanol–water partition coefficient (Wildman–Crippen LogP) is 2.84. The lowest BCUT2D eigenvalue weighted by molar-refractivity contribution is 0.0658. The van der Waals surface area contributed by atoms with Gasteiger partial charge in [-0.25, -0.2) is 0 Å². The Bertz CT molecular complexity index is 826. The first-order chi connectivity index (χ1) is 13.0. The lowest BCUT2D eigenvalue weighted by Crippen LogP contribution is -2.47. The molecule has 0 radical (unpaired) electrons. The third-order valence-corrected chi connectivity index (χ3v) is 4.86. The fourth-order valence-corrected chi connectivity index (χ4v) is 3.17. The van der Waals surface area contributed by atoms with Gasteiger partial charge < -0.3 is 15.1 Å². The van der Waals surface area contributed by atoms with E-state index in [-0.39, 0.29) is 11.8 Å². The van der Waals surface area contributed by atoms with E-state index in [9.17, 15) is 9.59 Å². The van der Waals surface area contributed by atoms with Gasteiger partial charge in [0.15, 0.2) is 0 Å². The Morgan fingerprint density at radius 3 is 2.48 bits per heavy atom. The number of anilines is 1. The minimum atomic E-state index is -0.238. The van der Waals surface area contributed by atoms with E-state index in [1.807, 2.05) is 31.3 Å². The monoisotopic (exact) mass is 366 g/mol. The molecule has 1 aliphatic heterocycles. The Labute approximate surface area is 160 Å². The Hall–Kier alpha value is -2.73. The molecule has 0 saturated carbocycles. The van der Waals surface area contributed by atoms with Crippen LogP contribution in [0.2, 0.25) is 0 Å². The molecule has 2 heterocycles. The average Bonchev–Trinajstić information content (AvgIpc) is 2.68. The maximum absolute atomic E-state index is 12.7. The molecule has 1 fully saturated rings. The van der Waals surface area contributed by atoms with Crippen molar-refractivity contribution in [2.24, 2.45) is 0 Å². The zero-order valence-electron chi connectivity index (χ0n) is 16.1. The van der Waals surface area contributed by atoms with Crippen LogP contribution in [0, 0.1) is 0 Å². The molecule has 1 saturated heterocycles. The first-order valence-electron chi connectivity index (χ1n) is 9.30. The van der Waals surface area contributed by atoms with Crippen molar-refractivity contribution < 1.29 is 9.59 Å². The number of hydrogen-bond donors (Lipinski definition) is 1. The summed E-state index contributed by atoms with van der Waals surface area (Å²) in [7, 11) is 2.04. The molecule has 2 amide bonds. The van der Waals surface area contributed by atoms with Crippen molar-refractivity contribution in [2.75, 3.05) is 38.5 Å². The summed E-state index contributed by atoms with van der Waals surface area (Å²) in [5.41, 5.74) is 2.61. The molecule has 1 aliphatic rings. The minimum absolute atomic E-state index is 0.125. The lowest BCUT2D eigenvalue weighted by atomic mass is 10.0. The highest BCUT2D eigenvalue weighted by Gasteiger charge is 2.22. The normalized spacial score (nSPS) is 15.0. The number of rotatable bonds is 4. The standard InChI is InChI=1S/C21H26N4O2/c1-15(2)17-6-4-5-7-18(17)23-20(26)16-8-9-22-19(14-16)21(27)25-12-10-24(3)11-13-25/h4-9,14-15H,10-13H2,1-3H3,(H,23,26). The van der Waals surface area contributed by atoms with E-state index in [2.05, 4.69) is 29.0 Å². The molecule has 142 valence electrons. The van der Waals surface area contributed by atoms with Crippen molar-refractivity contribution >= 4 is 17.5 Å². The number of aromatic nitrogens is 1. The number of hydrogen-bond acceptors (Lipinski definition) is 4. The third-order valence-electron chi connectivity index (χ3n) is 4.86. The zero-order valence-corrected chi connectivity index (χ0v) is 16.1. The molecule has 1 aromatic heterocycles. The summed E-state index contributed by atoms with van der Waals surface area (Å²) in [6.07, 6.45) is 1.52. The van der Waals surface area contributed by atoms with Gasteiger partial charge in [0.05, 0.1) is 0 Å². The summed E-state index contributed by atoms with van der Waals surface area (Å²) in [6, 6.07) is 11.0. The molecular weight excluding hydrogens is 340 g/mol. The molecule has 0 bridgehead atoms. The second-order valence-corrected chi connectivity index (χ2v) is 7.22. The second-order valence-electron chi connectivity index (χ2n) is 7.22. The molecule has 0 spiro atoms. The molecule has 1 aromatic carbocycles. The Kier molecular flexibility index (Phi) is 5.86. The number of para-hydroxylation sites is 1. The van der Waals surface area contributed by atoms with Gasteiger partial charge in [0.25, 0.3) is 11.8 Å². The van der Waals surface area contributed by atoms with Crippen molar-refractivity contribution in [1.82, 2.24) is 14.8 Å². The molecule has 6 heteroatoms. The van der Waals surface area contributed by atoms with E-state index < -0.39 is 0 Å². The molecular formula is C21H26N4O2. The summed E-state index contributed by atoms with van der Waals surface area (Å²) in [5, 5.41) is 2.96. The van der Waals surface area contributed by atoms with Crippen LogP contribution >= 0.6 is 0 Å². The molecule has 0 atom stereocenters. The van der Waals surface area contributed by atoms with E-state index in [1.54, 1.807) is 17.0 Å². The number of carbonyl (C=O) groups excluding carboxylic acids is 2. The van der Waals surface area contributed by atoms with Gasteiger partial charge in [-0.3, -0.25) is 14.6 Å². The topological polar surface area (TPSA) is 65.5 Å². The zero-order chi connectivity index (χ0) is 19.4. The van der Waals surface area contributed by atoms with Crippen molar-refractivity contribution in [2.45, 2.75) is 19.8 Å². The van der Waals surface area contributed by atoms with Gasteiger partial charge in [-0.15, -0.1) is 0 Å². The van der Waals surface area contributed by atoms with E-state index in [0.717, 1.165) is 24.3 Å². The van der Waals surface area contributed by atoms with Gasteiger partial charge in [-0.2, -0.15) is 0 Å². The van der Waals surface area contributed by atoms with Gasteiger partial charge in [0.1, 0.15) is 5.69 Å². The summed E-state index contributed by atoms with van der Waals surface area (Å²) in [5.74, 6) is -0.0634. The van der Waals surface area contributed by atoms with Crippen molar-refractivity contribution in [3.8, 4) is 0 Å². The van der Waals surface area contributed by atoms with Crippen LogP contribution < -0.4 is 5.32 Å².